The van der Waals surface area contributed by atoms with Gasteiger partial charge in [0.15, 0.2) is 0 Å². The van der Waals surface area contributed by atoms with Crippen LogP contribution in [0.3, 0.4) is 0 Å². The molecule has 4 nitrogen and oxygen atoms in total. The molecule has 0 radical (unpaired) electrons. The number of amides is 2. The van der Waals surface area contributed by atoms with E-state index in [9.17, 15) is 27.5 Å². The first kappa shape index (κ1) is 20.1. The zero-order valence-corrected chi connectivity index (χ0v) is 14.9. The third kappa shape index (κ3) is 4.44. The minimum atomic E-state index is -4.39. The van der Waals surface area contributed by atoms with E-state index < -0.39 is 41.7 Å². The maximum absolute atomic E-state index is 13.8. The molecule has 0 spiro atoms. The maximum Gasteiger partial charge on any atom is 0.416 e. The molecule has 2 aromatic carbocycles. The van der Waals surface area contributed by atoms with Gasteiger partial charge in [-0.3, -0.25) is 0 Å². The fraction of sp³-hybridized carbons (Fsp3) is 0.350. The number of urea groups is 1. The van der Waals surface area contributed by atoms with E-state index in [4.69, 9.17) is 0 Å². The molecule has 1 fully saturated rings. The lowest BCUT2D eigenvalue weighted by Crippen LogP contribution is -2.42. The van der Waals surface area contributed by atoms with Crippen molar-refractivity contribution in [2.24, 2.45) is 0 Å². The van der Waals surface area contributed by atoms with E-state index >= 15 is 0 Å². The number of hydrogen-bond acceptors (Lipinski definition) is 2. The van der Waals surface area contributed by atoms with Gasteiger partial charge in [0, 0.05) is 17.5 Å². The van der Waals surface area contributed by atoms with Crippen LogP contribution in [0.25, 0.3) is 0 Å². The van der Waals surface area contributed by atoms with Crippen LogP contribution in [0, 0.1) is 5.82 Å². The average Bonchev–Trinajstić information content (AvgIpc) is 3.46. The first-order valence-electron chi connectivity index (χ1n) is 8.82. The lowest BCUT2D eigenvalue weighted by molar-refractivity contribution is -0.137. The van der Waals surface area contributed by atoms with E-state index in [2.05, 4.69) is 10.6 Å². The highest BCUT2D eigenvalue weighted by Crippen LogP contribution is 2.48. The Morgan fingerprint density at radius 3 is 2.29 bits per heavy atom. The van der Waals surface area contributed by atoms with Crippen LogP contribution >= 0.6 is 0 Å². The van der Waals surface area contributed by atoms with E-state index in [0.29, 0.717) is 0 Å². The summed E-state index contributed by atoms with van der Waals surface area (Å²) in [6.07, 6.45) is -2.90. The Kier molecular flexibility index (Phi) is 5.60. The molecular weight excluding hydrogens is 376 g/mol. The van der Waals surface area contributed by atoms with Gasteiger partial charge in [0.1, 0.15) is 5.82 Å². The van der Waals surface area contributed by atoms with Gasteiger partial charge in [-0.2, -0.15) is 13.2 Å². The lowest BCUT2D eigenvalue weighted by Gasteiger charge is -2.21. The van der Waals surface area contributed by atoms with Crippen molar-refractivity contribution in [3.63, 3.8) is 0 Å². The summed E-state index contributed by atoms with van der Waals surface area (Å²) in [5.74, 6) is -0.537. The highest BCUT2D eigenvalue weighted by molar-refractivity contribution is 5.74. The van der Waals surface area contributed by atoms with Crippen LogP contribution in [0.4, 0.5) is 22.4 Å². The van der Waals surface area contributed by atoms with Crippen molar-refractivity contribution in [3.05, 3.63) is 71.0 Å². The molecule has 1 atom stereocenters. The Morgan fingerprint density at radius 2 is 1.75 bits per heavy atom. The highest BCUT2D eigenvalue weighted by atomic mass is 19.4. The molecule has 8 heteroatoms. The van der Waals surface area contributed by atoms with Gasteiger partial charge in [0.25, 0.3) is 0 Å². The number of carbonyl (C=O) groups excluding carboxylic acids is 1. The van der Waals surface area contributed by atoms with E-state index in [1.54, 1.807) is 6.07 Å². The SMILES string of the molecule is O=C(NCC1(c2ccc(C(F)(F)F)cc2)CC1)NC(CO)c1ccccc1F. The number of nitrogens with one attached hydrogen (secondary N) is 2. The quantitative estimate of drug-likeness (QED) is 0.649. The zero-order valence-electron chi connectivity index (χ0n) is 14.9. The van der Waals surface area contributed by atoms with Crippen LogP contribution in [-0.4, -0.2) is 24.3 Å². The van der Waals surface area contributed by atoms with Gasteiger partial charge >= 0.3 is 12.2 Å². The molecular formula is C20H20F4N2O2. The molecule has 0 heterocycles. The summed E-state index contributed by atoms with van der Waals surface area (Å²) in [4.78, 5) is 12.2. The minimum absolute atomic E-state index is 0.170. The minimum Gasteiger partial charge on any atom is -0.394 e. The molecule has 0 saturated heterocycles. The largest absolute Gasteiger partial charge is 0.416 e. The van der Waals surface area contributed by atoms with Crippen molar-refractivity contribution in [3.8, 4) is 0 Å². The highest BCUT2D eigenvalue weighted by Gasteiger charge is 2.44. The second-order valence-electron chi connectivity index (χ2n) is 6.94. The number of halogens is 4. The van der Waals surface area contributed by atoms with Crippen LogP contribution in [0.2, 0.25) is 0 Å². The van der Waals surface area contributed by atoms with Gasteiger partial charge in [-0.25, -0.2) is 9.18 Å². The lowest BCUT2D eigenvalue weighted by atomic mass is 9.95. The Hall–Kier alpha value is -2.61. The van der Waals surface area contributed by atoms with Crippen molar-refractivity contribution >= 4 is 6.03 Å². The summed E-state index contributed by atoms with van der Waals surface area (Å²) in [5.41, 5.74) is -0.208. The Balaban J connectivity index is 1.60. The van der Waals surface area contributed by atoms with Gasteiger partial charge in [-0.15, -0.1) is 0 Å². The smallest absolute Gasteiger partial charge is 0.394 e. The third-order valence-electron chi connectivity index (χ3n) is 5.03. The van der Waals surface area contributed by atoms with E-state index in [-0.39, 0.29) is 12.1 Å². The van der Waals surface area contributed by atoms with Gasteiger partial charge in [-0.1, -0.05) is 30.3 Å². The molecule has 2 aromatic rings. The summed E-state index contributed by atoms with van der Waals surface area (Å²) in [7, 11) is 0. The first-order valence-corrected chi connectivity index (χ1v) is 8.82. The van der Waals surface area contributed by atoms with Crippen LogP contribution < -0.4 is 10.6 Å². The van der Waals surface area contributed by atoms with Gasteiger partial charge < -0.3 is 15.7 Å². The van der Waals surface area contributed by atoms with Crippen LogP contribution in [0.15, 0.2) is 48.5 Å². The predicted molar refractivity (Wildman–Crippen MR) is 95.1 cm³/mol. The number of carbonyl (C=O) groups is 1. The van der Waals surface area contributed by atoms with Crippen molar-refractivity contribution in [2.75, 3.05) is 13.2 Å². The summed E-state index contributed by atoms with van der Waals surface area (Å²) in [5, 5.41) is 14.7. The van der Waals surface area contributed by atoms with Gasteiger partial charge in [0.2, 0.25) is 0 Å². The number of alkyl halides is 3. The first-order chi connectivity index (χ1) is 13.2. The molecule has 0 aromatic heterocycles. The summed E-state index contributed by atoms with van der Waals surface area (Å²) < 4.78 is 51.9. The molecule has 3 rings (SSSR count). The van der Waals surface area contributed by atoms with Crippen LogP contribution in [-0.2, 0) is 11.6 Å². The molecule has 1 aliphatic rings. The summed E-state index contributed by atoms with van der Waals surface area (Å²) in [6, 6.07) is 9.28. The van der Waals surface area contributed by atoms with Crippen molar-refractivity contribution in [2.45, 2.75) is 30.5 Å². The van der Waals surface area contributed by atoms with E-state index in [0.717, 1.165) is 30.5 Å². The summed E-state index contributed by atoms with van der Waals surface area (Å²) >= 11 is 0. The molecule has 28 heavy (non-hydrogen) atoms. The molecule has 1 unspecified atom stereocenters. The van der Waals surface area contributed by atoms with E-state index in [1.165, 1.54) is 30.3 Å². The second kappa shape index (κ2) is 7.79. The number of aliphatic hydroxyl groups is 1. The summed E-state index contributed by atoms with van der Waals surface area (Å²) in [6.45, 7) is -0.238. The molecule has 0 bridgehead atoms. The number of benzene rings is 2. The Labute approximate surface area is 159 Å². The molecule has 150 valence electrons. The number of aliphatic hydroxyl groups excluding tert-OH is 1. The second-order valence-corrected chi connectivity index (χ2v) is 6.94. The van der Waals surface area contributed by atoms with Crippen LogP contribution in [0.5, 0.6) is 0 Å². The fourth-order valence-corrected chi connectivity index (χ4v) is 3.17. The number of hydrogen-bond donors (Lipinski definition) is 3. The molecule has 1 saturated carbocycles. The average molecular weight is 396 g/mol. The molecule has 3 N–H and O–H groups in total. The van der Waals surface area contributed by atoms with Crippen LogP contribution in [0.1, 0.15) is 35.6 Å². The zero-order chi connectivity index (χ0) is 20.4. The monoisotopic (exact) mass is 396 g/mol. The molecule has 2 amide bonds. The van der Waals surface area contributed by atoms with E-state index in [1.807, 2.05) is 0 Å². The van der Waals surface area contributed by atoms with Crippen molar-refractivity contribution < 1.29 is 27.5 Å². The maximum atomic E-state index is 13.8. The third-order valence-corrected chi connectivity index (χ3v) is 5.03. The van der Waals surface area contributed by atoms with Gasteiger partial charge in [-0.05, 0) is 36.6 Å². The van der Waals surface area contributed by atoms with Gasteiger partial charge in [0.05, 0.1) is 18.2 Å². The predicted octanol–water partition coefficient (Wildman–Crippen LogP) is 3.91. The Morgan fingerprint density at radius 1 is 1.11 bits per heavy atom. The normalized spacial score (nSPS) is 16.3. The van der Waals surface area contributed by atoms with Crippen molar-refractivity contribution in [1.29, 1.82) is 0 Å². The number of rotatable bonds is 6. The van der Waals surface area contributed by atoms with Crippen molar-refractivity contribution in [1.82, 2.24) is 10.6 Å². The fourth-order valence-electron chi connectivity index (χ4n) is 3.17. The standard InChI is InChI=1S/C20H20F4N2O2/c21-16-4-2-1-3-15(16)17(11-27)26-18(28)25-12-19(9-10-19)13-5-7-14(8-6-13)20(22,23)24/h1-8,17,27H,9-12H2,(H2,25,26,28). The topological polar surface area (TPSA) is 61.4 Å². The Bertz CT molecular complexity index is 833. The molecule has 1 aliphatic carbocycles. The molecule has 0 aliphatic heterocycles.